The largest absolute Gasteiger partial charge is 0.354 e. The van der Waals surface area contributed by atoms with Gasteiger partial charge in [0.25, 0.3) is 5.91 Å². The van der Waals surface area contributed by atoms with E-state index in [0.29, 0.717) is 28.7 Å². The number of amides is 1. The van der Waals surface area contributed by atoms with E-state index in [-0.39, 0.29) is 11.6 Å². The SMILES string of the molecule is Cc1nc(C(=O)Nc2nc3ccccc3nc2N2CCCC2)nn1-c1ccc(F)cc1. The van der Waals surface area contributed by atoms with Gasteiger partial charge in [0.15, 0.2) is 11.6 Å². The van der Waals surface area contributed by atoms with Gasteiger partial charge in [0.05, 0.1) is 16.7 Å². The zero-order valence-electron chi connectivity index (χ0n) is 16.9. The van der Waals surface area contributed by atoms with Crippen LogP contribution >= 0.6 is 0 Å². The summed E-state index contributed by atoms with van der Waals surface area (Å²) in [4.78, 5) is 28.8. The molecular weight excluding hydrogens is 397 g/mol. The molecule has 31 heavy (non-hydrogen) atoms. The van der Waals surface area contributed by atoms with Crippen molar-refractivity contribution in [2.24, 2.45) is 0 Å². The fourth-order valence-corrected chi connectivity index (χ4v) is 3.70. The van der Waals surface area contributed by atoms with Gasteiger partial charge in [0.2, 0.25) is 5.82 Å². The van der Waals surface area contributed by atoms with Gasteiger partial charge in [-0.25, -0.2) is 24.0 Å². The van der Waals surface area contributed by atoms with Crippen LogP contribution in [0.25, 0.3) is 16.7 Å². The van der Waals surface area contributed by atoms with Gasteiger partial charge in [-0.15, -0.1) is 5.10 Å². The van der Waals surface area contributed by atoms with Crippen LogP contribution in [0.2, 0.25) is 0 Å². The minimum absolute atomic E-state index is 0.00385. The van der Waals surface area contributed by atoms with E-state index in [0.717, 1.165) is 31.4 Å². The van der Waals surface area contributed by atoms with E-state index >= 15 is 0 Å². The lowest BCUT2D eigenvalue weighted by Crippen LogP contribution is -2.24. The second-order valence-corrected chi connectivity index (χ2v) is 7.40. The van der Waals surface area contributed by atoms with Crippen LogP contribution in [0.4, 0.5) is 16.0 Å². The standard InChI is InChI=1S/C22H20FN7O/c1-14-24-20(28-30(14)16-10-8-15(23)9-11-16)22(31)27-19-21(29-12-4-5-13-29)26-18-7-3-2-6-17(18)25-19/h2-3,6-11H,4-5,12-13H2,1H3,(H,25,27,31). The number of benzene rings is 2. The van der Waals surface area contributed by atoms with E-state index < -0.39 is 5.91 Å². The lowest BCUT2D eigenvalue weighted by atomic mass is 10.3. The molecule has 3 heterocycles. The van der Waals surface area contributed by atoms with Gasteiger partial charge in [-0.05, 0) is 56.2 Å². The summed E-state index contributed by atoms with van der Waals surface area (Å²) in [6, 6.07) is 13.4. The average molecular weight is 417 g/mol. The molecule has 0 radical (unpaired) electrons. The van der Waals surface area contributed by atoms with Gasteiger partial charge in [0.1, 0.15) is 11.6 Å². The highest BCUT2D eigenvalue weighted by molar-refractivity contribution is 6.03. The van der Waals surface area contributed by atoms with Gasteiger partial charge in [-0.2, -0.15) is 0 Å². The third-order valence-electron chi connectivity index (χ3n) is 5.23. The first-order valence-electron chi connectivity index (χ1n) is 10.1. The van der Waals surface area contributed by atoms with Crippen molar-refractivity contribution in [1.29, 1.82) is 0 Å². The number of rotatable bonds is 4. The van der Waals surface area contributed by atoms with E-state index in [1.807, 2.05) is 24.3 Å². The highest BCUT2D eigenvalue weighted by Crippen LogP contribution is 2.28. The van der Waals surface area contributed by atoms with E-state index in [2.05, 4.69) is 25.3 Å². The molecule has 0 bridgehead atoms. The minimum Gasteiger partial charge on any atom is -0.354 e. The molecule has 1 aliphatic rings. The number of para-hydroxylation sites is 2. The monoisotopic (exact) mass is 417 g/mol. The quantitative estimate of drug-likeness (QED) is 0.547. The van der Waals surface area contributed by atoms with E-state index in [1.54, 1.807) is 19.1 Å². The third-order valence-corrected chi connectivity index (χ3v) is 5.23. The van der Waals surface area contributed by atoms with Crippen LogP contribution in [0.15, 0.2) is 48.5 Å². The fraction of sp³-hybridized carbons (Fsp3) is 0.227. The number of fused-ring (bicyclic) bond motifs is 1. The number of aromatic nitrogens is 5. The molecule has 8 nitrogen and oxygen atoms in total. The molecular formula is C22H20FN7O. The van der Waals surface area contributed by atoms with Gasteiger partial charge in [-0.1, -0.05) is 12.1 Å². The Hall–Kier alpha value is -3.88. The molecule has 5 rings (SSSR count). The lowest BCUT2D eigenvalue weighted by Gasteiger charge is -2.19. The number of carbonyl (C=O) groups is 1. The zero-order chi connectivity index (χ0) is 21.4. The molecule has 0 unspecified atom stereocenters. The number of aryl methyl sites for hydroxylation is 1. The van der Waals surface area contributed by atoms with Crippen molar-refractivity contribution in [2.75, 3.05) is 23.3 Å². The molecule has 2 aromatic carbocycles. The number of carbonyl (C=O) groups excluding carboxylic acids is 1. The molecule has 1 saturated heterocycles. The summed E-state index contributed by atoms with van der Waals surface area (Å²) >= 11 is 0. The van der Waals surface area contributed by atoms with Crippen molar-refractivity contribution < 1.29 is 9.18 Å². The van der Waals surface area contributed by atoms with E-state index in [9.17, 15) is 9.18 Å². The maximum Gasteiger partial charge on any atom is 0.296 e. The van der Waals surface area contributed by atoms with Gasteiger partial charge >= 0.3 is 0 Å². The summed E-state index contributed by atoms with van der Waals surface area (Å²) in [6.45, 7) is 3.47. The van der Waals surface area contributed by atoms with E-state index in [4.69, 9.17) is 4.98 Å². The summed E-state index contributed by atoms with van der Waals surface area (Å²) < 4.78 is 14.7. The fourth-order valence-electron chi connectivity index (χ4n) is 3.70. The molecule has 1 amide bonds. The number of hydrogen-bond acceptors (Lipinski definition) is 6. The van der Waals surface area contributed by atoms with Crippen LogP contribution < -0.4 is 10.2 Å². The number of nitrogens with zero attached hydrogens (tertiary/aromatic N) is 6. The van der Waals surface area contributed by atoms with Crippen molar-refractivity contribution in [3.05, 3.63) is 66.0 Å². The smallest absolute Gasteiger partial charge is 0.296 e. The van der Waals surface area contributed by atoms with Gasteiger partial charge in [0, 0.05) is 13.1 Å². The zero-order valence-corrected chi connectivity index (χ0v) is 16.9. The molecule has 4 aromatic rings. The normalized spacial score (nSPS) is 13.7. The second kappa shape index (κ2) is 7.75. The molecule has 0 atom stereocenters. The van der Waals surface area contributed by atoms with Crippen LogP contribution in [-0.2, 0) is 0 Å². The number of nitrogens with one attached hydrogen (secondary N) is 1. The first kappa shape index (κ1) is 19.1. The molecule has 1 N–H and O–H groups in total. The summed E-state index contributed by atoms with van der Waals surface area (Å²) in [7, 11) is 0. The number of hydrogen-bond donors (Lipinski definition) is 1. The molecule has 0 spiro atoms. The molecule has 9 heteroatoms. The molecule has 1 fully saturated rings. The summed E-state index contributed by atoms with van der Waals surface area (Å²) in [5, 5.41) is 7.15. The predicted octanol–water partition coefficient (Wildman–Crippen LogP) is 3.51. The van der Waals surface area contributed by atoms with Crippen LogP contribution in [-0.4, -0.2) is 43.7 Å². The van der Waals surface area contributed by atoms with Crippen LogP contribution in [0.1, 0.15) is 29.3 Å². The molecule has 0 aliphatic carbocycles. The molecule has 0 saturated carbocycles. The summed E-state index contributed by atoms with van der Waals surface area (Å²) in [5.74, 6) is 0.740. The van der Waals surface area contributed by atoms with E-state index in [1.165, 1.54) is 16.8 Å². The Kier molecular flexibility index (Phi) is 4.78. The Morgan fingerprint density at radius 3 is 2.35 bits per heavy atom. The second-order valence-electron chi connectivity index (χ2n) is 7.40. The maximum absolute atomic E-state index is 13.2. The lowest BCUT2D eigenvalue weighted by molar-refractivity contribution is 0.101. The van der Waals surface area contributed by atoms with Crippen LogP contribution in [0.3, 0.4) is 0 Å². The first-order chi connectivity index (χ1) is 15.1. The first-order valence-corrected chi connectivity index (χ1v) is 10.1. The van der Waals surface area contributed by atoms with Crippen molar-refractivity contribution in [3.63, 3.8) is 0 Å². The van der Waals surface area contributed by atoms with Crippen molar-refractivity contribution in [3.8, 4) is 5.69 Å². The Bertz CT molecular complexity index is 1260. The number of halogens is 1. The van der Waals surface area contributed by atoms with Crippen molar-refractivity contribution in [2.45, 2.75) is 19.8 Å². The van der Waals surface area contributed by atoms with Crippen LogP contribution in [0, 0.1) is 12.7 Å². The Morgan fingerprint density at radius 1 is 0.968 bits per heavy atom. The van der Waals surface area contributed by atoms with Crippen molar-refractivity contribution >= 4 is 28.6 Å². The average Bonchev–Trinajstić information content (AvgIpc) is 3.44. The summed E-state index contributed by atoms with van der Waals surface area (Å²) in [6.07, 6.45) is 2.15. The Morgan fingerprint density at radius 2 is 1.65 bits per heavy atom. The van der Waals surface area contributed by atoms with Crippen LogP contribution in [0.5, 0.6) is 0 Å². The molecule has 1 aliphatic heterocycles. The van der Waals surface area contributed by atoms with Gasteiger partial charge < -0.3 is 10.2 Å². The Labute approximate surface area is 177 Å². The maximum atomic E-state index is 13.2. The van der Waals surface area contributed by atoms with Gasteiger partial charge in [-0.3, -0.25) is 4.79 Å². The molecule has 156 valence electrons. The molecule has 2 aromatic heterocycles. The topological polar surface area (TPSA) is 88.8 Å². The highest BCUT2D eigenvalue weighted by Gasteiger charge is 2.23. The van der Waals surface area contributed by atoms with Crippen molar-refractivity contribution in [1.82, 2.24) is 24.7 Å². The third kappa shape index (κ3) is 3.70. The summed E-state index contributed by atoms with van der Waals surface area (Å²) in [5.41, 5.74) is 2.09. The highest BCUT2D eigenvalue weighted by atomic mass is 19.1. The predicted molar refractivity (Wildman–Crippen MR) is 115 cm³/mol. The number of anilines is 2. The Balaban J connectivity index is 1.48. The minimum atomic E-state index is -0.478.